The molecular weight excluding hydrogens is 227 g/mol. The monoisotopic (exact) mass is 230 g/mol. The Kier molecular flexibility index (Phi) is 4.71. The second kappa shape index (κ2) is 4.63. The molecule has 0 aromatic heterocycles. The molecule has 0 unspecified atom stereocenters. The molecule has 1 rings (SSSR count). The topological polar surface area (TPSA) is 77.4 Å². The van der Waals surface area contributed by atoms with E-state index in [4.69, 9.17) is 16.7 Å². The van der Waals surface area contributed by atoms with Gasteiger partial charge in [0, 0.05) is 0 Å². The van der Waals surface area contributed by atoms with Crippen LogP contribution in [0.2, 0.25) is 5.02 Å². The molecule has 66 valence electrons. The fourth-order valence-electron chi connectivity index (χ4n) is 0.643. The van der Waals surface area contributed by atoms with E-state index < -0.39 is 15.0 Å². The van der Waals surface area contributed by atoms with Gasteiger partial charge < -0.3 is 9.66 Å². The summed E-state index contributed by atoms with van der Waals surface area (Å²) in [4.78, 5) is -0.453. The van der Waals surface area contributed by atoms with Crippen LogP contribution in [0.15, 0.2) is 23.1 Å². The SMILES string of the molecule is O=S(=O)([O-])c1ccc(O)c(Cl)c1.[Na+]. The van der Waals surface area contributed by atoms with Crippen LogP contribution in [0.25, 0.3) is 0 Å². The Hall–Kier alpha value is 0.220. The van der Waals surface area contributed by atoms with Crippen LogP contribution in [0.3, 0.4) is 0 Å². The predicted molar refractivity (Wildman–Crippen MR) is 41.1 cm³/mol. The molecule has 0 fully saturated rings. The van der Waals surface area contributed by atoms with Gasteiger partial charge in [-0.15, -0.1) is 0 Å². The van der Waals surface area contributed by atoms with Crippen molar-refractivity contribution in [2.24, 2.45) is 0 Å². The van der Waals surface area contributed by atoms with Crippen LogP contribution >= 0.6 is 11.6 Å². The van der Waals surface area contributed by atoms with Crippen molar-refractivity contribution >= 4 is 21.7 Å². The fourth-order valence-corrected chi connectivity index (χ4v) is 1.39. The number of phenolic OH excluding ortho intramolecular Hbond substituents is 1. The molecule has 0 saturated carbocycles. The van der Waals surface area contributed by atoms with E-state index in [0.29, 0.717) is 0 Å². The Morgan fingerprint density at radius 1 is 1.38 bits per heavy atom. The minimum absolute atomic E-state index is 0. The van der Waals surface area contributed by atoms with Crippen LogP contribution in [-0.2, 0) is 10.1 Å². The largest absolute Gasteiger partial charge is 1.00 e. The smallest absolute Gasteiger partial charge is 0.744 e. The van der Waals surface area contributed by atoms with E-state index >= 15 is 0 Å². The van der Waals surface area contributed by atoms with Crippen LogP contribution in [-0.4, -0.2) is 18.1 Å². The zero-order valence-electron chi connectivity index (χ0n) is 6.69. The number of benzene rings is 1. The van der Waals surface area contributed by atoms with Gasteiger partial charge in [-0.25, -0.2) is 8.42 Å². The second-order valence-electron chi connectivity index (χ2n) is 2.07. The molecule has 4 nitrogen and oxygen atoms in total. The van der Waals surface area contributed by atoms with Crippen molar-refractivity contribution in [2.45, 2.75) is 4.90 Å². The standard InChI is InChI=1S/C6H5ClO4S.Na/c7-5-3-4(12(9,10)11)1-2-6(5)8;/h1-3,8H,(H,9,10,11);/q;+1/p-1. The Labute approximate surface area is 103 Å². The predicted octanol–water partition coefficient (Wildman–Crippen LogP) is -2.05. The summed E-state index contributed by atoms with van der Waals surface area (Å²) in [5.74, 6) is -0.260. The third-order valence-electron chi connectivity index (χ3n) is 1.21. The average Bonchev–Trinajstić information content (AvgIpc) is 1.92. The Morgan fingerprint density at radius 2 is 1.92 bits per heavy atom. The molecule has 0 radical (unpaired) electrons. The number of rotatable bonds is 1. The summed E-state index contributed by atoms with van der Waals surface area (Å²) in [6.07, 6.45) is 0. The first-order valence-electron chi connectivity index (χ1n) is 2.85. The van der Waals surface area contributed by atoms with E-state index in [2.05, 4.69) is 0 Å². The van der Waals surface area contributed by atoms with Crippen LogP contribution in [0.4, 0.5) is 0 Å². The minimum Gasteiger partial charge on any atom is -0.744 e. The van der Waals surface area contributed by atoms with Gasteiger partial charge in [-0.05, 0) is 18.2 Å². The van der Waals surface area contributed by atoms with Crippen molar-refractivity contribution in [3.8, 4) is 5.75 Å². The quantitative estimate of drug-likeness (QED) is 0.445. The van der Waals surface area contributed by atoms with Crippen LogP contribution in [0, 0.1) is 0 Å². The second-order valence-corrected chi connectivity index (χ2v) is 3.85. The number of aromatic hydroxyl groups is 1. The van der Waals surface area contributed by atoms with E-state index in [-0.39, 0.29) is 40.3 Å². The number of hydrogen-bond donors (Lipinski definition) is 1. The average molecular weight is 231 g/mol. The fraction of sp³-hybridized carbons (Fsp3) is 0. The summed E-state index contributed by atoms with van der Waals surface area (Å²) in [5, 5.41) is 8.72. The zero-order valence-corrected chi connectivity index (χ0v) is 10.3. The van der Waals surface area contributed by atoms with Crippen molar-refractivity contribution in [1.82, 2.24) is 0 Å². The van der Waals surface area contributed by atoms with Gasteiger partial charge in [0.25, 0.3) is 0 Å². The Morgan fingerprint density at radius 3 is 2.31 bits per heavy atom. The normalized spacial score (nSPS) is 10.6. The van der Waals surface area contributed by atoms with Gasteiger partial charge >= 0.3 is 29.6 Å². The Balaban J connectivity index is 0.00000144. The molecule has 1 aromatic rings. The summed E-state index contributed by atoms with van der Waals surface area (Å²) < 4.78 is 31.2. The molecule has 0 spiro atoms. The zero-order chi connectivity index (χ0) is 9.35. The van der Waals surface area contributed by atoms with Crippen LogP contribution in [0.1, 0.15) is 0 Å². The van der Waals surface area contributed by atoms with Gasteiger partial charge in [0.1, 0.15) is 15.9 Å². The van der Waals surface area contributed by atoms with E-state index in [1.54, 1.807) is 0 Å². The van der Waals surface area contributed by atoms with E-state index in [1.165, 1.54) is 0 Å². The summed E-state index contributed by atoms with van der Waals surface area (Å²) >= 11 is 5.37. The van der Waals surface area contributed by atoms with Crippen molar-refractivity contribution < 1.29 is 47.6 Å². The molecule has 13 heavy (non-hydrogen) atoms. The summed E-state index contributed by atoms with van der Waals surface area (Å²) in [6, 6.07) is 2.94. The van der Waals surface area contributed by atoms with Crippen LogP contribution < -0.4 is 29.6 Å². The molecule has 0 saturated heterocycles. The summed E-state index contributed by atoms with van der Waals surface area (Å²) in [7, 11) is -4.49. The number of hydrogen-bond acceptors (Lipinski definition) is 4. The van der Waals surface area contributed by atoms with Gasteiger partial charge in [-0.2, -0.15) is 0 Å². The molecule has 0 aliphatic heterocycles. The van der Waals surface area contributed by atoms with E-state index in [9.17, 15) is 13.0 Å². The molecule has 0 bridgehead atoms. The van der Waals surface area contributed by atoms with Gasteiger partial charge in [0.05, 0.1) is 9.92 Å². The molecule has 1 aromatic carbocycles. The number of halogens is 1. The molecule has 0 aliphatic rings. The molecule has 0 atom stereocenters. The first-order chi connectivity index (χ1) is 5.41. The van der Waals surface area contributed by atoms with Crippen molar-refractivity contribution in [2.75, 3.05) is 0 Å². The third kappa shape index (κ3) is 3.46. The van der Waals surface area contributed by atoms with Crippen molar-refractivity contribution in [3.63, 3.8) is 0 Å². The maximum atomic E-state index is 10.4. The third-order valence-corrected chi connectivity index (χ3v) is 2.34. The van der Waals surface area contributed by atoms with Crippen molar-refractivity contribution in [1.29, 1.82) is 0 Å². The van der Waals surface area contributed by atoms with E-state index in [1.807, 2.05) is 0 Å². The molecule has 0 heterocycles. The first-order valence-corrected chi connectivity index (χ1v) is 4.64. The Bertz CT molecular complexity index is 403. The molecule has 0 amide bonds. The van der Waals surface area contributed by atoms with Gasteiger partial charge in [0.15, 0.2) is 0 Å². The minimum atomic E-state index is -4.49. The molecule has 0 aliphatic carbocycles. The molecular formula is C6H4ClNaO4S. The van der Waals surface area contributed by atoms with E-state index in [0.717, 1.165) is 18.2 Å². The maximum Gasteiger partial charge on any atom is 1.00 e. The number of phenols is 1. The van der Waals surface area contributed by atoms with Crippen molar-refractivity contribution in [3.05, 3.63) is 23.2 Å². The molecule has 1 N–H and O–H groups in total. The van der Waals surface area contributed by atoms with Gasteiger partial charge in [0.2, 0.25) is 0 Å². The first kappa shape index (κ1) is 13.2. The van der Waals surface area contributed by atoms with Gasteiger partial charge in [-0.3, -0.25) is 0 Å². The molecule has 7 heteroatoms. The summed E-state index contributed by atoms with van der Waals surface area (Å²) in [5.41, 5.74) is 0. The van der Waals surface area contributed by atoms with Crippen LogP contribution in [0.5, 0.6) is 5.75 Å². The summed E-state index contributed by atoms with van der Waals surface area (Å²) in [6.45, 7) is 0. The maximum absolute atomic E-state index is 10.4. The van der Waals surface area contributed by atoms with Gasteiger partial charge in [-0.1, -0.05) is 11.6 Å².